The molecule has 2 unspecified atom stereocenters. The Bertz CT molecular complexity index is 573. The Hall–Kier alpha value is -1.61. The number of nitrogens with zero attached hydrogens (tertiary/aromatic N) is 1. The van der Waals surface area contributed by atoms with Crippen molar-refractivity contribution >= 4 is 17.2 Å². The fourth-order valence-electron chi connectivity index (χ4n) is 2.78. The van der Waals surface area contributed by atoms with Crippen LogP contribution in [0.5, 0.6) is 0 Å². The first-order valence-corrected chi connectivity index (χ1v) is 6.46. The SMILES string of the molecule is CC1CCC(Cn2ccc3cccc(C=O)c32)O1. The summed E-state index contributed by atoms with van der Waals surface area (Å²) in [5, 5.41) is 1.12. The zero-order valence-electron chi connectivity index (χ0n) is 10.5. The van der Waals surface area contributed by atoms with E-state index in [-0.39, 0.29) is 6.10 Å². The summed E-state index contributed by atoms with van der Waals surface area (Å²) in [5.41, 5.74) is 1.78. The van der Waals surface area contributed by atoms with Crippen molar-refractivity contribution in [1.29, 1.82) is 0 Å². The van der Waals surface area contributed by atoms with Gasteiger partial charge in [0.2, 0.25) is 0 Å². The van der Waals surface area contributed by atoms with Gasteiger partial charge >= 0.3 is 0 Å². The molecule has 3 nitrogen and oxygen atoms in total. The highest BCUT2D eigenvalue weighted by Crippen LogP contribution is 2.24. The normalized spacial score (nSPS) is 23.6. The maximum atomic E-state index is 11.1. The molecule has 3 rings (SSSR count). The van der Waals surface area contributed by atoms with E-state index >= 15 is 0 Å². The van der Waals surface area contributed by atoms with Crippen molar-refractivity contribution in [2.75, 3.05) is 0 Å². The summed E-state index contributed by atoms with van der Waals surface area (Å²) in [4.78, 5) is 11.1. The average molecular weight is 243 g/mol. The summed E-state index contributed by atoms with van der Waals surface area (Å²) in [6.45, 7) is 2.95. The summed E-state index contributed by atoms with van der Waals surface area (Å²) in [5.74, 6) is 0. The van der Waals surface area contributed by atoms with Gasteiger partial charge in [-0.3, -0.25) is 4.79 Å². The van der Waals surface area contributed by atoms with Gasteiger partial charge in [-0.25, -0.2) is 0 Å². The molecule has 1 fully saturated rings. The van der Waals surface area contributed by atoms with Crippen molar-refractivity contribution in [2.45, 2.75) is 38.5 Å². The Morgan fingerprint density at radius 1 is 1.39 bits per heavy atom. The molecule has 18 heavy (non-hydrogen) atoms. The van der Waals surface area contributed by atoms with E-state index in [1.54, 1.807) is 0 Å². The Morgan fingerprint density at radius 3 is 3.00 bits per heavy atom. The smallest absolute Gasteiger partial charge is 0.152 e. The van der Waals surface area contributed by atoms with Crippen LogP contribution in [0.1, 0.15) is 30.1 Å². The second kappa shape index (κ2) is 4.58. The molecule has 0 saturated carbocycles. The van der Waals surface area contributed by atoms with Gasteiger partial charge in [0.1, 0.15) is 0 Å². The Kier molecular flexibility index (Phi) is 2.92. The molecule has 3 heteroatoms. The fourth-order valence-corrected chi connectivity index (χ4v) is 2.78. The van der Waals surface area contributed by atoms with Gasteiger partial charge in [0.15, 0.2) is 6.29 Å². The van der Waals surface area contributed by atoms with Crippen LogP contribution in [-0.2, 0) is 11.3 Å². The quantitative estimate of drug-likeness (QED) is 0.776. The molecule has 1 aromatic heterocycles. The molecule has 2 heterocycles. The molecular formula is C15H17NO2. The molecule has 0 bridgehead atoms. The molecule has 1 saturated heterocycles. The molecule has 94 valence electrons. The number of aromatic nitrogens is 1. The van der Waals surface area contributed by atoms with Gasteiger partial charge < -0.3 is 9.30 Å². The second-order valence-electron chi connectivity index (χ2n) is 5.02. The third kappa shape index (κ3) is 1.95. The summed E-state index contributed by atoms with van der Waals surface area (Å²) in [6, 6.07) is 7.88. The summed E-state index contributed by atoms with van der Waals surface area (Å²) >= 11 is 0. The van der Waals surface area contributed by atoms with Crippen molar-refractivity contribution < 1.29 is 9.53 Å². The van der Waals surface area contributed by atoms with E-state index in [1.165, 1.54) is 0 Å². The molecule has 1 aromatic carbocycles. The highest BCUT2D eigenvalue weighted by atomic mass is 16.5. The zero-order valence-corrected chi connectivity index (χ0v) is 10.5. The van der Waals surface area contributed by atoms with E-state index in [4.69, 9.17) is 4.74 Å². The van der Waals surface area contributed by atoms with E-state index in [2.05, 4.69) is 17.6 Å². The van der Waals surface area contributed by atoms with Crippen LogP contribution in [0.3, 0.4) is 0 Å². The van der Waals surface area contributed by atoms with E-state index in [9.17, 15) is 4.79 Å². The van der Waals surface area contributed by atoms with E-state index in [1.807, 2.05) is 24.4 Å². The van der Waals surface area contributed by atoms with E-state index < -0.39 is 0 Å². The third-order valence-electron chi connectivity index (χ3n) is 3.67. The molecule has 0 amide bonds. The lowest BCUT2D eigenvalue weighted by atomic mass is 10.1. The van der Waals surface area contributed by atoms with Crippen molar-refractivity contribution in [3.05, 3.63) is 36.0 Å². The van der Waals surface area contributed by atoms with Crippen molar-refractivity contribution in [3.63, 3.8) is 0 Å². The Morgan fingerprint density at radius 2 is 2.28 bits per heavy atom. The average Bonchev–Trinajstić information content (AvgIpc) is 2.97. The lowest BCUT2D eigenvalue weighted by molar-refractivity contribution is 0.0465. The second-order valence-corrected chi connectivity index (χ2v) is 5.02. The standard InChI is InChI=1S/C15H17NO2/c1-11-5-6-14(18-11)9-16-8-7-12-3-2-4-13(10-17)15(12)16/h2-4,7-8,10-11,14H,5-6,9H2,1H3. The van der Waals surface area contributed by atoms with Gasteiger partial charge in [0.25, 0.3) is 0 Å². The topological polar surface area (TPSA) is 31.2 Å². The summed E-state index contributed by atoms with van der Waals surface area (Å²) in [7, 11) is 0. The minimum atomic E-state index is 0.273. The fraction of sp³-hybridized carbons (Fsp3) is 0.400. The minimum Gasteiger partial charge on any atom is -0.373 e. The predicted molar refractivity (Wildman–Crippen MR) is 70.9 cm³/mol. The summed E-state index contributed by atoms with van der Waals surface area (Å²) in [6.07, 6.45) is 5.84. The van der Waals surface area contributed by atoms with Gasteiger partial charge in [-0.2, -0.15) is 0 Å². The van der Waals surface area contributed by atoms with Gasteiger partial charge in [0, 0.05) is 23.7 Å². The molecule has 0 aliphatic carbocycles. The molecular weight excluding hydrogens is 226 g/mol. The monoisotopic (exact) mass is 243 g/mol. The van der Waals surface area contributed by atoms with E-state index in [0.717, 1.165) is 42.1 Å². The van der Waals surface area contributed by atoms with Crippen LogP contribution in [0.25, 0.3) is 10.9 Å². The molecule has 1 aliphatic rings. The first kappa shape index (κ1) is 11.5. The number of hydrogen-bond donors (Lipinski definition) is 0. The predicted octanol–water partition coefficient (Wildman–Crippen LogP) is 3.02. The minimum absolute atomic E-state index is 0.273. The van der Waals surface area contributed by atoms with Crippen LogP contribution in [0, 0.1) is 0 Å². The number of aldehydes is 1. The third-order valence-corrected chi connectivity index (χ3v) is 3.67. The number of hydrogen-bond acceptors (Lipinski definition) is 2. The summed E-state index contributed by atoms with van der Waals surface area (Å²) < 4.78 is 7.99. The number of fused-ring (bicyclic) bond motifs is 1. The van der Waals surface area contributed by atoms with Gasteiger partial charge in [-0.05, 0) is 31.9 Å². The Labute approximate surface area is 106 Å². The van der Waals surface area contributed by atoms with Crippen molar-refractivity contribution in [3.8, 4) is 0 Å². The van der Waals surface area contributed by atoms with Crippen molar-refractivity contribution in [1.82, 2.24) is 4.57 Å². The highest BCUT2D eigenvalue weighted by molar-refractivity contribution is 5.96. The van der Waals surface area contributed by atoms with Crippen LogP contribution in [0.4, 0.5) is 0 Å². The molecule has 0 spiro atoms. The maximum absolute atomic E-state index is 11.1. The van der Waals surface area contributed by atoms with Crippen LogP contribution < -0.4 is 0 Å². The van der Waals surface area contributed by atoms with Gasteiger partial charge in [-0.1, -0.05) is 12.1 Å². The number of para-hydroxylation sites is 1. The zero-order chi connectivity index (χ0) is 12.5. The van der Waals surface area contributed by atoms with Crippen LogP contribution >= 0.6 is 0 Å². The number of benzene rings is 1. The van der Waals surface area contributed by atoms with Crippen LogP contribution in [0.2, 0.25) is 0 Å². The number of ether oxygens (including phenoxy) is 1. The lowest BCUT2D eigenvalue weighted by Gasteiger charge is -2.13. The molecule has 0 N–H and O–H groups in total. The number of carbonyl (C=O) groups excluding carboxylic acids is 1. The van der Waals surface area contributed by atoms with E-state index in [0.29, 0.717) is 6.10 Å². The first-order chi connectivity index (χ1) is 8.78. The lowest BCUT2D eigenvalue weighted by Crippen LogP contribution is -2.16. The van der Waals surface area contributed by atoms with Gasteiger partial charge in [-0.15, -0.1) is 0 Å². The molecule has 1 aliphatic heterocycles. The molecule has 2 aromatic rings. The van der Waals surface area contributed by atoms with Crippen molar-refractivity contribution in [2.24, 2.45) is 0 Å². The first-order valence-electron chi connectivity index (χ1n) is 6.46. The van der Waals surface area contributed by atoms with Crippen LogP contribution in [-0.4, -0.2) is 23.1 Å². The number of carbonyl (C=O) groups is 1. The molecule has 0 radical (unpaired) electrons. The maximum Gasteiger partial charge on any atom is 0.152 e. The van der Waals surface area contributed by atoms with Gasteiger partial charge in [0.05, 0.1) is 17.7 Å². The largest absolute Gasteiger partial charge is 0.373 e. The molecule has 2 atom stereocenters. The van der Waals surface area contributed by atoms with Crippen LogP contribution in [0.15, 0.2) is 30.5 Å². The highest BCUT2D eigenvalue weighted by Gasteiger charge is 2.22. The Balaban J connectivity index is 1.94. The number of rotatable bonds is 3.